The minimum Gasteiger partial charge on any atom is -0.394 e. The SMILES string of the molecule is CCCCCCC/C=C\C/C=C\C/C=C\CCCCCCCCCCCCCCCCCCCCCCCCC(=O)NC(COC1OC(CO)C(OC2OC(CO)C(O)C(O)C2O)C(O)C1O)C(O)/C=C/CCCCCCCCCCCCCCCCCCCCCCCCCCCCCCC. The van der Waals surface area contributed by atoms with Crippen LogP contribution in [-0.4, -0.2) is 140 Å². The molecule has 2 fully saturated rings. The van der Waals surface area contributed by atoms with Crippen LogP contribution in [0.1, 0.15) is 412 Å². The van der Waals surface area contributed by atoms with Crippen molar-refractivity contribution in [2.24, 2.45) is 0 Å². The standard InChI is InChI=1S/C88H165NO13/c1-3-5-7-9-11-13-15-17-19-21-23-25-27-29-31-33-35-36-37-38-39-40-42-44-46-48-50-52-54-56-58-60-62-64-66-68-70-72-80(93)89-76(75-99-87-85(98)83(96)86(79(74-91)101-87)102-88-84(97)82(95)81(94)78(73-90)100-88)77(92)71-69-67-65-63-61-59-57-55-53-51-49-47-45-43-41-34-32-30-28-26-24-22-20-18-16-14-12-10-8-6-4-2/h15,17,21,23,27,29,69,71,76-79,81-88,90-92,94-98H,3-14,16,18-20,22,24-26,28,30-68,70,72-75H2,1-2H3,(H,89,93)/b17-15-,23-21-,29-27-,71-69+. The molecule has 0 aromatic rings. The number of allylic oxidation sites excluding steroid dienone is 7. The molecule has 0 saturated carbocycles. The molecule has 12 unspecified atom stereocenters. The average molecular weight is 1450 g/mol. The Labute approximate surface area is 626 Å². The van der Waals surface area contributed by atoms with E-state index in [9.17, 15) is 45.6 Å². The third-order valence-electron chi connectivity index (χ3n) is 21.5. The monoisotopic (exact) mass is 1440 g/mol. The maximum atomic E-state index is 13.4. The van der Waals surface area contributed by atoms with Crippen LogP contribution >= 0.6 is 0 Å². The number of unbranched alkanes of at least 4 members (excludes halogenated alkanes) is 56. The van der Waals surface area contributed by atoms with Crippen molar-refractivity contribution in [2.75, 3.05) is 19.8 Å². The molecule has 2 aliphatic rings. The summed E-state index contributed by atoms with van der Waals surface area (Å²) in [6, 6.07) is -0.916. The van der Waals surface area contributed by atoms with Gasteiger partial charge in [-0.25, -0.2) is 0 Å². The predicted octanol–water partition coefficient (Wildman–Crippen LogP) is 20.9. The van der Waals surface area contributed by atoms with Crippen LogP contribution in [0.25, 0.3) is 0 Å². The van der Waals surface area contributed by atoms with Gasteiger partial charge in [0, 0.05) is 6.42 Å². The zero-order valence-corrected chi connectivity index (χ0v) is 66.1. The van der Waals surface area contributed by atoms with Crippen molar-refractivity contribution < 1.29 is 64.6 Å². The number of hydrogen-bond acceptors (Lipinski definition) is 13. The summed E-state index contributed by atoms with van der Waals surface area (Å²) < 4.78 is 23.0. The van der Waals surface area contributed by atoms with Crippen LogP contribution in [0.15, 0.2) is 48.6 Å². The van der Waals surface area contributed by atoms with Gasteiger partial charge in [-0.05, 0) is 57.8 Å². The first kappa shape index (κ1) is 96.0. The summed E-state index contributed by atoms with van der Waals surface area (Å²) >= 11 is 0. The van der Waals surface area contributed by atoms with Gasteiger partial charge in [-0.15, -0.1) is 0 Å². The molecule has 2 rings (SSSR count). The van der Waals surface area contributed by atoms with E-state index >= 15 is 0 Å². The number of ether oxygens (including phenoxy) is 4. The van der Waals surface area contributed by atoms with E-state index in [1.54, 1.807) is 6.08 Å². The highest BCUT2D eigenvalue weighted by Crippen LogP contribution is 2.31. The van der Waals surface area contributed by atoms with E-state index in [0.717, 1.165) is 51.4 Å². The van der Waals surface area contributed by atoms with E-state index in [1.165, 1.54) is 334 Å². The number of nitrogens with one attached hydrogen (secondary N) is 1. The molecule has 1 amide bonds. The fraction of sp³-hybridized carbons (Fsp3) is 0.898. The topological polar surface area (TPSA) is 228 Å². The molecule has 9 N–H and O–H groups in total. The Morgan fingerprint density at radius 3 is 0.990 bits per heavy atom. The van der Waals surface area contributed by atoms with Gasteiger partial charge in [-0.1, -0.05) is 396 Å². The number of hydrogen-bond donors (Lipinski definition) is 9. The lowest BCUT2D eigenvalue weighted by Crippen LogP contribution is -2.65. The molecule has 2 heterocycles. The van der Waals surface area contributed by atoms with Crippen molar-refractivity contribution in [3.05, 3.63) is 48.6 Å². The molecule has 102 heavy (non-hydrogen) atoms. The van der Waals surface area contributed by atoms with E-state index in [-0.39, 0.29) is 18.9 Å². The summed E-state index contributed by atoms with van der Waals surface area (Å²) in [6.45, 7) is 2.86. The molecule has 2 aliphatic heterocycles. The fourth-order valence-electron chi connectivity index (χ4n) is 14.6. The van der Waals surface area contributed by atoms with Crippen LogP contribution in [-0.2, 0) is 23.7 Å². The van der Waals surface area contributed by atoms with Gasteiger partial charge >= 0.3 is 0 Å². The Morgan fingerprint density at radius 2 is 0.647 bits per heavy atom. The van der Waals surface area contributed by atoms with Crippen molar-refractivity contribution in [1.29, 1.82) is 0 Å². The smallest absolute Gasteiger partial charge is 0.220 e. The van der Waals surface area contributed by atoms with Gasteiger partial charge in [0.25, 0.3) is 0 Å². The Kier molecular flexibility index (Phi) is 67.6. The molecule has 14 nitrogen and oxygen atoms in total. The molecule has 0 bridgehead atoms. The first-order valence-corrected chi connectivity index (χ1v) is 43.9. The second-order valence-corrected chi connectivity index (χ2v) is 31.0. The molecule has 0 aromatic heterocycles. The zero-order chi connectivity index (χ0) is 73.7. The quantitative estimate of drug-likeness (QED) is 0.0204. The number of carbonyl (C=O) groups excluding carboxylic acids is 1. The van der Waals surface area contributed by atoms with Crippen LogP contribution in [0.2, 0.25) is 0 Å². The Hall–Kier alpha value is -2.05. The number of rotatable bonds is 75. The molecular weight excluding hydrogens is 1280 g/mol. The van der Waals surface area contributed by atoms with Crippen molar-refractivity contribution in [3.63, 3.8) is 0 Å². The van der Waals surface area contributed by atoms with Crippen LogP contribution in [0, 0.1) is 0 Å². The second-order valence-electron chi connectivity index (χ2n) is 31.0. The number of aliphatic hydroxyl groups is 8. The maximum absolute atomic E-state index is 13.4. The van der Waals surface area contributed by atoms with Crippen molar-refractivity contribution >= 4 is 5.91 Å². The minimum atomic E-state index is -1.79. The predicted molar refractivity (Wildman–Crippen MR) is 424 cm³/mol. The lowest BCUT2D eigenvalue weighted by molar-refractivity contribution is -0.359. The van der Waals surface area contributed by atoms with E-state index in [2.05, 4.69) is 55.6 Å². The molecule has 0 aromatic carbocycles. The summed E-state index contributed by atoms with van der Waals surface area (Å²) in [5.74, 6) is -0.231. The van der Waals surface area contributed by atoms with Crippen LogP contribution < -0.4 is 5.32 Å². The number of amides is 1. The molecule has 0 radical (unpaired) electrons. The minimum absolute atomic E-state index is 0.231. The normalized spacial score (nSPS) is 21.8. The van der Waals surface area contributed by atoms with Gasteiger partial charge in [0.2, 0.25) is 5.91 Å². The Bertz CT molecular complexity index is 1900. The van der Waals surface area contributed by atoms with Crippen molar-refractivity contribution in [3.8, 4) is 0 Å². The first-order valence-electron chi connectivity index (χ1n) is 43.9. The van der Waals surface area contributed by atoms with E-state index in [4.69, 9.17) is 18.9 Å². The Balaban J connectivity index is 1.57. The second kappa shape index (κ2) is 71.8. The molecule has 12 atom stereocenters. The fourth-order valence-corrected chi connectivity index (χ4v) is 14.6. The lowest BCUT2D eigenvalue weighted by atomic mass is 9.97. The highest BCUT2D eigenvalue weighted by molar-refractivity contribution is 5.76. The van der Waals surface area contributed by atoms with Crippen LogP contribution in [0.3, 0.4) is 0 Å². The molecule has 2 saturated heterocycles. The number of carbonyl (C=O) groups is 1. The third-order valence-corrected chi connectivity index (χ3v) is 21.5. The van der Waals surface area contributed by atoms with E-state index in [1.807, 2.05) is 6.08 Å². The van der Waals surface area contributed by atoms with E-state index in [0.29, 0.717) is 6.42 Å². The maximum Gasteiger partial charge on any atom is 0.220 e. The van der Waals surface area contributed by atoms with Gasteiger partial charge in [0.05, 0.1) is 32.0 Å². The van der Waals surface area contributed by atoms with Gasteiger partial charge < -0.3 is 65.1 Å². The molecule has 14 heteroatoms. The summed E-state index contributed by atoms with van der Waals surface area (Å²) in [5, 5.41) is 87.8. The van der Waals surface area contributed by atoms with Gasteiger partial charge in [0.1, 0.15) is 48.8 Å². The summed E-state index contributed by atoms with van der Waals surface area (Å²) in [7, 11) is 0. The Morgan fingerprint density at radius 1 is 0.353 bits per heavy atom. The average Bonchev–Trinajstić information content (AvgIpc) is 0.790. The number of aliphatic hydroxyl groups excluding tert-OH is 8. The third kappa shape index (κ3) is 53.7. The van der Waals surface area contributed by atoms with Crippen LogP contribution in [0.5, 0.6) is 0 Å². The summed E-state index contributed by atoms with van der Waals surface area (Å²) in [5.41, 5.74) is 0. The van der Waals surface area contributed by atoms with Gasteiger partial charge in [-0.2, -0.15) is 0 Å². The van der Waals surface area contributed by atoms with E-state index < -0.39 is 86.8 Å². The largest absolute Gasteiger partial charge is 0.394 e. The van der Waals surface area contributed by atoms with Gasteiger partial charge in [0.15, 0.2) is 12.6 Å². The summed E-state index contributed by atoms with van der Waals surface area (Å²) in [6.07, 6.45) is 80.7. The van der Waals surface area contributed by atoms with Gasteiger partial charge in [-0.3, -0.25) is 4.79 Å². The zero-order valence-electron chi connectivity index (χ0n) is 66.1. The molecule has 0 spiro atoms. The lowest BCUT2D eigenvalue weighted by Gasteiger charge is -2.46. The molecule has 600 valence electrons. The molecular formula is C88H165NO13. The van der Waals surface area contributed by atoms with Crippen molar-refractivity contribution in [2.45, 2.75) is 485 Å². The summed E-state index contributed by atoms with van der Waals surface area (Å²) in [4.78, 5) is 13.4. The molecule has 0 aliphatic carbocycles. The highest BCUT2D eigenvalue weighted by Gasteiger charge is 2.51. The van der Waals surface area contributed by atoms with Crippen molar-refractivity contribution in [1.82, 2.24) is 5.32 Å². The van der Waals surface area contributed by atoms with Crippen LogP contribution in [0.4, 0.5) is 0 Å². The highest BCUT2D eigenvalue weighted by atomic mass is 16.7. The first-order chi connectivity index (χ1) is 50.1.